The van der Waals surface area contributed by atoms with E-state index in [4.69, 9.17) is 0 Å². The number of nitrogens with one attached hydrogen (secondary N) is 1. The molecule has 0 aliphatic heterocycles. The van der Waals surface area contributed by atoms with Crippen LogP contribution in [0.25, 0.3) is 6.08 Å². The lowest BCUT2D eigenvalue weighted by molar-refractivity contribution is 0.483. The Balaban J connectivity index is 1.56. The summed E-state index contributed by atoms with van der Waals surface area (Å²) in [4.78, 5) is 0. The Bertz CT molecular complexity index is 600. The molecule has 0 saturated carbocycles. The van der Waals surface area contributed by atoms with Gasteiger partial charge in [0.25, 0.3) is 0 Å². The first kappa shape index (κ1) is 14.1. The molecular weight excluding hydrogens is 254 g/mol. The van der Waals surface area contributed by atoms with Gasteiger partial charge in [0.15, 0.2) is 0 Å². The normalized spacial score (nSPS) is 20.2. The molecule has 0 saturated heterocycles. The van der Waals surface area contributed by atoms with E-state index in [0.717, 1.165) is 13.1 Å². The van der Waals surface area contributed by atoms with E-state index in [1.165, 1.54) is 23.1 Å². The summed E-state index contributed by atoms with van der Waals surface area (Å²) in [6, 6.07) is 19.4. The minimum absolute atomic E-state index is 0.624. The maximum absolute atomic E-state index is 3.58. The first-order valence-electron chi connectivity index (χ1n) is 7.86. The minimum atomic E-state index is 0.624. The number of benzene rings is 2. The van der Waals surface area contributed by atoms with Crippen molar-refractivity contribution in [2.24, 2.45) is 5.92 Å². The summed E-state index contributed by atoms with van der Waals surface area (Å²) in [5, 5.41) is 3.58. The monoisotopic (exact) mass is 277 g/mol. The van der Waals surface area contributed by atoms with E-state index in [-0.39, 0.29) is 0 Å². The van der Waals surface area contributed by atoms with Gasteiger partial charge in [-0.25, -0.2) is 0 Å². The topological polar surface area (TPSA) is 12.0 Å². The van der Waals surface area contributed by atoms with Crippen molar-refractivity contribution >= 4 is 6.08 Å². The van der Waals surface area contributed by atoms with Crippen LogP contribution in [0.3, 0.4) is 0 Å². The molecule has 21 heavy (non-hydrogen) atoms. The summed E-state index contributed by atoms with van der Waals surface area (Å²) in [6.07, 6.45) is 5.81. The molecule has 1 N–H and O–H groups in total. The van der Waals surface area contributed by atoms with Gasteiger partial charge in [0.1, 0.15) is 0 Å². The van der Waals surface area contributed by atoms with Crippen molar-refractivity contribution in [3.8, 4) is 0 Å². The first-order chi connectivity index (χ1) is 10.3. The lowest BCUT2D eigenvalue weighted by Gasteiger charge is -2.27. The summed E-state index contributed by atoms with van der Waals surface area (Å²) in [7, 11) is 0. The van der Waals surface area contributed by atoms with Gasteiger partial charge in [-0.05, 0) is 41.5 Å². The summed E-state index contributed by atoms with van der Waals surface area (Å²) in [5.74, 6) is 1.26. The Morgan fingerprint density at radius 1 is 0.952 bits per heavy atom. The molecule has 0 bridgehead atoms. The van der Waals surface area contributed by atoms with Gasteiger partial charge in [-0.3, -0.25) is 0 Å². The zero-order valence-electron chi connectivity index (χ0n) is 12.6. The Kier molecular flexibility index (Phi) is 4.52. The van der Waals surface area contributed by atoms with E-state index in [9.17, 15) is 0 Å². The summed E-state index contributed by atoms with van der Waals surface area (Å²) in [6.45, 7) is 4.35. The molecule has 3 rings (SSSR count). The second-order valence-electron chi connectivity index (χ2n) is 5.90. The lowest BCUT2D eigenvalue weighted by atomic mass is 9.78. The predicted molar refractivity (Wildman–Crippen MR) is 90.1 cm³/mol. The summed E-state index contributed by atoms with van der Waals surface area (Å²) >= 11 is 0. The molecule has 0 spiro atoms. The third kappa shape index (κ3) is 3.43. The van der Waals surface area contributed by atoms with E-state index >= 15 is 0 Å². The number of fused-ring (bicyclic) bond motifs is 1. The molecule has 108 valence electrons. The maximum atomic E-state index is 3.58. The molecule has 0 unspecified atom stereocenters. The zero-order chi connectivity index (χ0) is 14.5. The molecule has 1 nitrogen and oxygen atoms in total. The maximum Gasteiger partial charge on any atom is 0.0205 e. The summed E-state index contributed by atoms with van der Waals surface area (Å²) in [5.41, 5.74) is 4.26. The molecule has 1 aliphatic carbocycles. The smallest absolute Gasteiger partial charge is 0.0205 e. The van der Waals surface area contributed by atoms with Crippen LogP contribution in [0.15, 0.2) is 60.7 Å². The molecule has 0 heterocycles. The number of hydrogen-bond donors (Lipinski definition) is 1. The average Bonchev–Trinajstić information content (AvgIpc) is 2.54. The Labute approximate surface area is 127 Å². The van der Waals surface area contributed by atoms with Crippen LogP contribution in [0, 0.1) is 5.92 Å². The fraction of sp³-hybridized carbons (Fsp3) is 0.300. The van der Waals surface area contributed by atoms with Gasteiger partial charge in [-0.1, -0.05) is 73.7 Å². The first-order valence-corrected chi connectivity index (χ1v) is 7.86. The van der Waals surface area contributed by atoms with Gasteiger partial charge < -0.3 is 5.32 Å². The van der Waals surface area contributed by atoms with Crippen molar-refractivity contribution in [2.75, 3.05) is 6.54 Å². The van der Waals surface area contributed by atoms with E-state index in [2.05, 4.69) is 79.0 Å². The second kappa shape index (κ2) is 6.73. The van der Waals surface area contributed by atoms with Gasteiger partial charge >= 0.3 is 0 Å². The van der Waals surface area contributed by atoms with Crippen LogP contribution >= 0.6 is 0 Å². The molecule has 2 aromatic rings. The SMILES string of the molecule is C[C@H]1C=Cc2ccccc2[C@@H]1CCNCc1ccccc1. The zero-order valence-corrected chi connectivity index (χ0v) is 12.6. The highest BCUT2D eigenvalue weighted by molar-refractivity contribution is 5.58. The number of hydrogen-bond acceptors (Lipinski definition) is 1. The second-order valence-corrected chi connectivity index (χ2v) is 5.90. The fourth-order valence-electron chi connectivity index (χ4n) is 3.18. The largest absolute Gasteiger partial charge is 0.313 e. The molecule has 1 heteroatoms. The highest BCUT2D eigenvalue weighted by Gasteiger charge is 2.22. The third-order valence-corrected chi connectivity index (χ3v) is 4.41. The number of rotatable bonds is 5. The molecule has 2 atom stereocenters. The van der Waals surface area contributed by atoms with Gasteiger partial charge in [-0.15, -0.1) is 0 Å². The summed E-state index contributed by atoms with van der Waals surface area (Å²) < 4.78 is 0. The van der Waals surface area contributed by atoms with Crippen molar-refractivity contribution in [2.45, 2.75) is 25.8 Å². The standard InChI is InChI=1S/C20H23N/c1-16-11-12-18-9-5-6-10-20(18)19(16)13-14-21-15-17-7-3-2-4-8-17/h2-12,16,19,21H,13-15H2,1H3/t16-,19+/m0/s1. The van der Waals surface area contributed by atoms with Crippen molar-refractivity contribution in [3.63, 3.8) is 0 Å². The van der Waals surface area contributed by atoms with Crippen LogP contribution in [0.5, 0.6) is 0 Å². The van der Waals surface area contributed by atoms with Crippen LogP contribution < -0.4 is 5.32 Å². The molecule has 0 radical (unpaired) electrons. The minimum Gasteiger partial charge on any atom is -0.313 e. The van der Waals surface area contributed by atoms with Crippen LogP contribution in [-0.4, -0.2) is 6.54 Å². The van der Waals surface area contributed by atoms with Crippen molar-refractivity contribution in [3.05, 3.63) is 77.4 Å². The fourth-order valence-corrected chi connectivity index (χ4v) is 3.18. The van der Waals surface area contributed by atoms with Gasteiger partial charge in [0.2, 0.25) is 0 Å². The average molecular weight is 277 g/mol. The van der Waals surface area contributed by atoms with Gasteiger partial charge in [0.05, 0.1) is 0 Å². The molecule has 0 fully saturated rings. The van der Waals surface area contributed by atoms with E-state index < -0.39 is 0 Å². The Hall–Kier alpha value is -1.86. The quantitative estimate of drug-likeness (QED) is 0.787. The molecule has 0 aromatic heterocycles. The van der Waals surface area contributed by atoms with Crippen LogP contribution in [0.2, 0.25) is 0 Å². The van der Waals surface area contributed by atoms with Crippen molar-refractivity contribution in [1.29, 1.82) is 0 Å². The van der Waals surface area contributed by atoms with Crippen LogP contribution in [0.1, 0.15) is 36.0 Å². The molecule has 1 aliphatic rings. The highest BCUT2D eigenvalue weighted by atomic mass is 14.8. The Morgan fingerprint density at radius 3 is 2.57 bits per heavy atom. The van der Waals surface area contributed by atoms with Gasteiger partial charge in [0, 0.05) is 6.54 Å². The number of allylic oxidation sites excluding steroid dienone is 1. The molecule has 2 aromatic carbocycles. The van der Waals surface area contributed by atoms with Crippen molar-refractivity contribution < 1.29 is 0 Å². The molecule has 0 amide bonds. The van der Waals surface area contributed by atoms with E-state index in [1.807, 2.05) is 0 Å². The Morgan fingerprint density at radius 2 is 1.71 bits per heavy atom. The highest BCUT2D eigenvalue weighted by Crippen LogP contribution is 2.35. The van der Waals surface area contributed by atoms with E-state index in [0.29, 0.717) is 11.8 Å². The lowest BCUT2D eigenvalue weighted by Crippen LogP contribution is -2.21. The predicted octanol–water partition coefficient (Wildman–Crippen LogP) is 4.61. The van der Waals surface area contributed by atoms with Gasteiger partial charge in [-0.2, -0.15) is 0 Å². The third-order valence-electron chi connectivity index (χ3n) is 4.41. The van der Waals surface area contributed by atoms with E-state index in [1.54, 1.807) is 0 Å². The van der Waals surface area contributed by atoms with Crippen molar-refractivity contribution in [1.82, 2.24) is 5.32 Å². The van der Waals surface area contributed by atoms with Crippen LogP contribution in [-0.2, 0) is 6.54 Å². The van der Waals surface area contributed by atoms with Crippen LogP contribution in [0.4, 0.5) is 0 Å². The molecular formula is C20H23N.